The van der Waals surface area contributed by atoms with Crippen LogP contribution >= 0.6 is 0 Å². The summed E-state index contributed by atoms with van der Waals surface area (Å²) in [6.07, 6.45) is 1.76. The monoisotopic (exact) mass is 423 g/mol. The van der Waals surface area contributed by atoms with Gasteiger partial charge in [0, 0.05) is 51.9 Å². The van der Waals surface area contributed by atoms with E-state index in [-0.39, 0.29) is 18.1 Å². The van der Waals surface area contributed by atoms with Crippen molar-refractivity contribution in [3.63, 3.8) is 0 Å². The Morgan fingerprint density at radius 2 is 1.94 bits per heavy atom. The summed E-state index contributed by atoms with van der Waals surface area (Å²) < 4.78 is 11.6. The number of fused-ring (bicyclic) bond motifs is 1. The number of piperazine rings is 1. The number of hydrogen-bond acceptors (Lipinski definition) is 5. The Bertz CT molecular complexity index is 891. The summed E-state index contributed by atoms with van der Waals surface area (Å²) in [7, 11) is 5.28. The zero-order chi connectivity index (χ0) is 21.8. The summed E-state index contributed by atoms with van der Waals surface area (Å²) >= 11 is 0. The molecule has 0 radical (unpaired) electrons. The van der Waals surface area contributed by atoms with Gasteiger partial charge in [-0.05, 0) is 53.8 Å². The van der Waals surface area contributed by atoms with Crippen LogP contribution in [0.5, 0.6) is 5.75 Å². The maximum atomic E-state index is 12.4. The number of carbonyl (C=O) groups is 1. The molecule has 1 N–H and O–H groups in total. The Morgan fingerprint density at radius 3 is 2.61 bits per heavy atom. The zero-order valence-electron chi connectivity index (χ0n) is 18.8. The highest BCUT2D eigenvalue weighted by atomic mass is 16.5. The molecule has 6 nitrogen and oxygen atoms in total. The SMILES string of the molecule is COc1ccc(C(CC2OCCc3cc(C(=O)N(C)C)ccc32)N2CCNCC2)cc1. The summed E-state index contributed by atoms with van der Waals surface area (Å²) in [4.78, 5) is 16.6. The number of nitrogens with zero attached hydrogens (tertiary/aromatic N) is 2. The molecule has 1 saturated heterocycles. The first kappa shape index (κ1) is 21.8. The number of benzene rings is 2. The third-order valence-corrected chi connectivity index (χ3v) is 6.36. The number of methoxy groups -OCH3 is 1. The normalized spacial score (nSPS) is 20.0. The van der Waals surface area contributed by atoms with E-state index in [0.717, 1.165) is 50.3 Å². The van der Waals surface area contributed by atoms with Crippen LogP contribution in [0.2, 0.25) is 0 Å². The van der Waals surface area contributed by atoms with Crippen molar-refractivity contribution in [3.05, 3.63) is 64.7 Å². The fourth-order valence-corrected chi connectivity index (χ4v) is 4.64. The van der Waals surface area contributed by atoms with Crippen LogP contribution in [-0.2, 0) is 11.2 Å². The molecule has 31 heavy (non-hydrogen) atoms. The number of amides is 1. The number of hydrogen-bond donors (Lipinski definition) is 1. The zero-order valence-corrected chi connectivity index (χ0v) is 18.8. The minimum absolute atomic E-state index is 0.0224. The molecule has 2 aliphatic rings. The second kappa shape index (κ2) is 9.81. The van der Waals surface area contributed by atoms with E-state index in [1.165, 1.54) is 16.7 Å². The molecule has 0 saturated carbocycles. The predicted octanol–water partition coefficient (Wildman–Crippen LogP) is 3.05. The minimum atomic E-state index is 0.0224. The van der Waals surface area contributed by atoms with Crippen LogP contribution in [0, 0.1) is 0 Å². The molecular weight excluding hydrogens is 390 g/mol. The first-order valence-electron chi connectivity index (χ1n) is 11.1. The fraction of sp³-hybridized carbons (Fsp3) is 0.480. The van der Waals surface area contributed by atoms with E-state index in [0.29, 0.717) is 6.61 Å². The van der Waals surface area contributed by atoms with Crippen molar-refractivity contribution >= 4 is 5.91 Å². The molecule has 0 aliphatic carbocycles. The van der Waals surface area contributed by atoms with E-state index >= 15 is 0 Å². The molecule has 0 spiro atoms. The Balaban J connectivity index is 1.60. The van der Waals surface area contributed by atoms with Crippen LogP contribution in [0.25, 0.3) is 0 Å². The number of rotatable bonds is 6. The van der Waals surface area contributed by atoms with Crippen LogP contribution in [0.15, 0.2) is 42.5 Å². The lowest BCUT2D eigenvalue weighted by molar-refractivity contribution is 0.0119. The van der Waals surface area contributed by atoms with E-state index in [1.807, 2.05) is 18.2 Å². The fourth-order valence-electron chi connectivity index (χ4n) is 4.64. The van der Waals surface area contributed by atoms with Gasteiger partial charge in [0.25, 0.3) is 5.91 Å². The second-order valence-corrected chi connectivity index (χ2v) is 8.53. The smallest absolute Gasteiger partial charge is 0.253 e. The first-order chi connectivity index (χ1) is 15.1. The summed E-state index contributed by atoms with van der Waals surface area (Å²) in [6.45, 7) is 4.74. The van der Waals surface area contributed by atoms with Crippen molar-refractivity contribution < 1.29 is 14.3 Å². The molecule has 2 aromatic carbocycles. The van der Waals surface area contributed by atoms with Gasteiger partial charge in [-0.25, -0.2) is 0 Å². The molecule has 2 aliphatic heterocycles. The quantitative estimate of drug-likeness (QED) is 0.774. The number of nitrogens with one attached hydrogen (secondary N) is 1. The minimum Gasteiger partial charge on any atom is -0.497 e. The summed E-state index contributed by atoms with van der Waals surface area (Å²) in [5.74, 6) is 0.919. The summed E-state index contributed by atoms with van der Waals surface area (Å²) in [5.41, 5.74) is 4.49. The van der Waals surface area contributed by atoms with Gasteiger partial charge < -0.3 is 19.7 Å². The molecular formula is C25H33N3O3. The third kappa shape index (κ3) is 4.92. The highest BCUT2D eigenvalue weighted by molar-refractivity contribution is 5.94. The van der Waals surface area contributed by atoms with Crippen molar-refractivity contribution in [2.75, 3.05) is 54.0 Å². The molecule has 2 heterocycles. The van der Waals surface area contributed by atoms with Crippen LogP contribution in [0.3, 0.4) is 0 Å². The second-order valence-electron chi connectivity index (χ2n) is 8.53. The van der Waals surface area contributed by atoms with Gasteiger partial charge in [-0.3, -0.25) is 9.69 Å². The molecule has 0 bridgehead atoms. The molecule has 2 unspecified atom stereocenters. The first-order valence-corrected chi connectivity index (χ1v) is 11.1. The van der Waals surface area contributed by atoms with Gasteiger partial charge >= 0.3 is 0 Å². The van der Waals surface area contributed by atoms with Crippen LogP contribution in [-0.4, -0.2) is 69.7 Å². The number of ether oxygens (including phenoxy) is 2. The van der Waals surface area contributed by atoms with Crippen LogP contribution in [0.1, 0.15) is 45.6 Å². The average molecular weight is 424 g/mol. The van der Waals surface area contributed by atoms with E-state index in [4.69, 9.17) is 9.47 Å². The van der Waals surface area contributed by atoms with E-state index < -0.39 is 0 Å². The highest BCUT2D eigenvalue weighted by Gasteiger charge is 2.30. The van der Waals surface area contributed by atoms with Crippen molar-refractivity contribution in [1.82, 2.24) is 15.1 Å². The highest BCUT2D eigenvalue weighted by Crippen LogP contribution is 2.38. The van der Waals surface area contributed by atoms with Crippen LogP contribution in [0.4, 0.5) is 0 Å². The van der Waals surface area contributed by atoms with Gasteiger partial charge in [0.1, 0.15) is 5.75 Å². The maximum Gasteiger partial charge on any atom is 0.253 e. The van der Waals surface area contributed by atoms with Crippen molar-refractivity contribution in [3.8, 4) is 5.75 Å². The molecule has 0 aromatic heterocycles. The molecule has 6 heteroatoms. The van der Waals surface area contributed by atoms with Crippen LogP contribution < -0.4 is 10.1 Å². The van der Waals surface area contributed by atoms with Gasteiger partial charge in [-0.1, -0.05) is 18.2 Å². The lowest BCUT2D eigenvalue weighted by Gasteiger charge is -2.38. The lowest BCUT2D eigenvalue weighted by atomic mass is 9.89. The van der Waals surface area contributed by atoms with Gasteiger partial charge in [0.2, 0.25) is 0 Å². The van der Waals surface area contributed by atoms with E-state index in [2.05, 4.69) is 34.5 Å². The summed E-state index contributed by atoms with van der Waals surface area (Å²) in [6, 6.07) is 14.8. The Labute approximate surface area is 185 Å². The largest absolute Gasteiger partial charge is 0.497 e. The van der Waals surface area contributed by atoms with Crippen molar-refractivity contribution in [1.29, 1.82) is 0 Å². The van der Waals surface area contributed by atoms with Crippen molar-refractivity contribution in [2.45, 2.75) is 25.0 Å². The van der Waals surface area contributed by atoms with E-state index in [1.54, 1.807) is 26.1 Å². The topological polar surface area (TPSA) is 54.0 Å². The van der Waals surface area contributed by atoms with E-state index in [9.17, 15) is 4.79 Å². The Morgan fingerprint density at radius 1 is 1.19 bits per heavy atom. The molecule has 4 rings (SSSR count). The Hall–Kier alpha value is -2.41. The number of carbonyl (C=O) groups excluding carboxylic acids is 1. The van der Waals surface area contributed by atoms with Gasteiger partial charge in [-0.2, -0.15) is 0 Å². The molecule has 2 atom stereocenters. The molecule has 1 amide bonds. The standard InChI is InChI=1S/C25H33N3O3/c1-27(2)25(29)20-6-9-22-19(16-20)10-15-31-24(22)17-23(28-13-11-26-12-14-28)18-4-7-21(30-3)8-5-18/h4-9,16,23-24,26H,10-15,17H2,1-3H3. The predicted molar refractivity (Wildman–Crippen MR) is 122 cm³/mol. The molecule has 2 aromatic rings. The van der Waals surface area contributed by atoms with Gasteiger partial charge in [0.05, 0.1) is 19.8 Å². The van der Waals surface area contributed by atoms with Crippen molar-refractivity contribution in [2.24, 2.45) is 0 Å². The maximum absolute atomic E-state index is 12.4. The lowest BCUT2D eigenvalue weighted by Crippen LogP contribution is -2.45. The third-order valence-electron chi connectivity index (χ3n) is 6.36. The van der Waals surface area contributed by atoms with Gasteiger partial charge in [0.15, 0.2) is 0 Å². The molecule has 166 valence electrons. The average Bonchev–Trinajstić information content (AvgIpc) is 2.82. The van der Waals surface area contributed by atoms with Gasteiger partial charge in [-0.15, -0.1) is 0 Å². The molecule has 1 fully saturated rings. The summed E-state index contributed by atoms with van der Waals surface area (Å²) in [5, 5.41) is 3.46. The Kier molecular flexibility index (Phi) is 6.90.